The summed E-state index contributed by atoms with van der Waals surface area (Å²) in [4.78, 5) is 28.3. The van der Waals surface area contributed by atoms with Crippen molar-refractivity contribution in [2.75, 3.05) is 49.9 Å². The topological polar surface area (TPSA) is 64.7 Å². The van der Waals surface area contributed by atoms with Gasteiger partial charge in [0.05, 0.1) is 17.1 Å². The number of halogens is 5. The Morgan fingerprint density at radius 3 is 2.21 bits per heavy atom. The van der Waals surface area contributed by atoms with Gasteiger partial charge in [0.25, 0.3) is 0 Å². The van der Waals surface area contributed by atoms with Crippen molar-refractivity contribution in [1.29, 1.82) is 0 Å². The predicted molar refractivity (Wildman–Crippen MR) is 118 cm³/mol. The molecule has 0 unspecified atom stereocenters. The van der Waals surface area contributed by atoms with Crippen LogP contribution in [-0.2, 0) is 15.8 Å². The molecule has 0 atom stereocenters. The molecule has 33 heavy (non-hydrogen) atoms. The molecule has 1 saturated heterocycles. The second-order valence-corrected chi connectivity index (χ2v) is 8.07. The van der Waals surface area contributed by atoms with Gasteiger partial charge in [-0.25, -0.2) is 4.39 Å². The lowest BCUT2D eigenvalue weighted by atomic mass is 10.2. The van der Waals surface area contributed by atoms with Crippen molar-refractivity contribution in [1.82, 2.24) is 9.80 Å². The van der Waals surface area contributed by atoms with Gasteiger partial charge in [-0.3, -0.25) is 14.5 Å². The number of amides is 2. The first-order valence-electron chi connectivity index (χ1n) is 10.3. The highest BCUT2D eigenvalue weighted by Crippen LogP contribution is 2.36. The van der Waals surface area contributed by atoms with Crippen LogP contribution >= 0.6 is 11.6 Å². The number of carbonyl (C=O) groups is 2. The van der Waals surface area contributed by atoms with Crippen LogP contribution in [0.15, 0.2) is 42.5 Å². The molecule has 2 aromatic carbocycles. The third-order valence-electron chi connectivity index (χ3n) is 5.15. The highest BCUT2D eigenvalue weighted by molar-refractivity contribution is 6.31. The van der Waals surface area contributed by atoms with Crippen LogP contribution in [0.1, 0.15) is 12.0 Å². The lowest BCUT2D eigenvalue weighted by molar-refractivity contribution is -0.137. The Kier molecular flexibility index (Phi) is 8.28. The largest absolute Gasteiger partial charge is 0.417 e. The third kappa shape index (κ3) is 7.69. The van der Waals surface area contributed by atoms with Crippen molar-refractivity contribution in [3.63, 3.8) is 0 Å². The van der Waals surface area contributed by atoms with Gasteiger partial charge in [-0.2, -0.15) is 13.2 Å². The molecule has 1 heterocycles. The van der Waals surface area contributed by atoms with E-state index < -0.39 is 28.5 Å². The van der Waals surface area contributed by atoms with Crippen LogP contribution in [0.4, 0.5) is 28.9 Å². The van der Waals surface area contributed by atoms with Gasteiger partial charge in [0.2, 0.25) is 11.8 Å². The Balaban J connectivity index is 1.39. The van der Waals surface area contributed by atoms with E-state index in [2.05, 4.69) is 15.5 Å². The maximum atomic E-state index is 13.2. The number of alkyl halides is 3. The monoisotopic (exact) mass is 486 g/mol. The minimum absolute atomic E-state index is 0.0275. The number of hydrogen-bond acceptors (Lipinski definition) is 4. The standard InChI is InChI=1S/C22H23ClF4N4O2/c23-19-5-4-17(13-18(19)22(25,26)27)29-21(33)14-31-10-8-30(9-11-31)7-6-20(32)28-16-3-1-2-15(24)12-16/h1-5,12-13H,6-11,14H2,(H,28,32)(H,29,33). The third-order valence-corrected chi connectivity index (χ3v) is 5.48. The van der Waals surface area contributed by atoms with Crippen molar-refractivity contribution >= 4 is 34.8 Å². The zero-order valence-corrected chi connectivity index (χ0v) is 18.3. The Morgan fingerprint density at radius 2 is 1.55 bits per heavy atom. The highest BCUT2D eigenvalue weighted by Gasteiger charge is 2.33. The first-order valence-corrected chi connectivity index (χ1v) is 10.6. The molecule has 0 bridgehead atoms. The van der Waals surface area contributed by atoms with Gasteiger partial charge in [-0.15, -0.1) is 0 Å². The maximum Gasteiger partial charge on any atom is 0.417 e. The maximum absolute atomic E-state index is 13.2. The highest BCUT2D eigenvalue weighted by atomic mass is 35.5. The molecule has 0 spiro atoms. The molecule has 11 heteroatoms. The summed E-state index contributed by atoms with van der Waals surface area (Å²) in [6.07, 6.45) is -4.36. The molecular formula is C22H23ClF4N4O2. The number of benzene rings is 2. The molecule has 2 aromatic rings. The molecule has 0 saturated carbocycles. The number of hydrogen-bond donors (Lipinski definition) is 2. The molecule has 1 aliphatic heterocycles. The van der Waals surface area contributed by atoms with E-state index in [0.717, 1.165) is 12.1 Å². The van der Waals surface area contributed by atoms with E-state index >= 15 is 0 Å². The number of carbonyl (C=O) groups excluding carboxylic acids is 2. The van der Waals surface area contributed by atoms with E-state index in [-0.39, 0.29) is 24.6 Å². The van der Waals surface area contributed by atoms with E-state index in [1.807, 2.05) is 4.90 Å². The van der Waals surface area contributed by atoms with E-state index in [1.165, 1.54) is 24.3 Å². The first-order chi connectivity index (χ1) is 15.6. The van der Waals surface area contributed by atoms with Gasteiger partial charge in [-0.1, -0.05) is 17.7 Å². The molecular weight excluding hydrogens is 464 g/mol. The average molecular weight is 487 g/mol. The van der Waals surface area contributed by atoms with Crippen LogP contribution in [0.3, 0.4) is 0 Å². The Morgan fingerprint density at radius 1 is 0.909 bits per heavy atom. The summed E-state index contributed by atoms with van der Waals surface area (Å²) < 4.78 is 52.1. The van der Waals surface area contributed by atoms with Crippen LogP contribution in [-0.4, -0.2) is 60.9 Å². The molecule has 0 aromatic heterocycles. The van der Waals surface area contributed by atoms with Crippen molar-refractivity contribution in [3.8, 4) is 0 Å². The minimum Gasteiger partial charge on any atom is -0.326 e. The van der Waals surface area contributed by atoms with Crippen LogP contribution in [0.2, 0.25) is 5.02 Å². The van der Waals surface area contributed by atoms with Crippen LogP contribution in [0, 0.1) is 5.82 Å². The fourth-order valence-corrected chi connectivity index (χ4v) is 3.67. The first kappa shape index (κ1) is 24.9. The minimum atomic E-state index is -4.61. The molecule has 0 radical (unpaired) electrons. The Bertz CT molecular complexity index is 995. The summed E-state index contributed by atoms with van der Waals surface area (Å²) >= 11 is 5.59. The molecule has 2 N–H and O–H groups in total. The van der Waals surface area contributed by atoms with Crippen LogP contribution in [0.25, 0.3) is 0 Å². The fourth-order valence-electron chi connectivity index (χ4n) is 3.44. The smallest absolute Gasteiger partial charge is 0.326 e. The number of nitrogens with zero attached hydrogens (tertiary/aromatic N) is 2. The summed E-state index contributed by atoms with van der Waals surface area (Å²) in [6, 6.07) is 8.90. The van der Waals surface area contributed by atoms with Crippen LogP contribution < -0.4 is 10.6 Å². The van der Waals surface area contributed by atoms with E-state index in [4.69, 9.17) is 11.6 Å². The molecule has 0 aliphatic carbocycles. The van der Waals surface area contributed by atoms with Gasteiger partial charge in [0, 0.05) is 50.5 Å². The summed E-state index contributed by atoms with van der Waals surface area (Å²) in [5.41, 5.74) is -0.574. The quantitative estimate of drug-likeness (QED) is 0.579. The molecule has 1 fully saturated rings. The van der Waals surface area contributed by atoms with Crippen molar-refractivity contribution in [3.05, 3.63) is 58.9 Å². The summed E-state index contributed by atoms with van der Waals surface area (Å²) in [5, 5.41) is 4.69. The number of nitrogens with one attached hydrogen (secondary N) is 2. The SMILES string of the molecule is O=C(CCN1CCN(CC(=O)Nc2ccc(Cl)c(C(F)(F)F)c2)CC1)Nc1cccc(F)c1. The van der Waals surface area contributed by atoms with Crippen molar-refractivity contribution < 1.29 is 27.2 Å². The number of piperazine rings is 1. The second-order valence-electron chi connectivity index (χ2n) is 7.67. The second kappa shape index (κ2) is 11.0. The van der Waals surface area contributed by atoms with Gasteiger partial charge >= 0.3 is 6.18 Å². The molecule has 1 aliphatic rings. The molecule has 3 rings (SSSR count). The average Bonchev–Trinajstić information content (AvgIpc) is 2.74. The van der Waals surface area contributed by atoms with E-state index in [0.29, 0.717) is 38.4 Å². The molecule has 178 valence electrons. The van der Waals surface area contributed by atoms with Gasteiger partial charge in [-0.05, 0) is 36.4 Å². The Labute approximate surface area is 193 Å². The molecule has 6 nitrogen and oxygen atoms in total. The summed E-state index contributed by atoms with van der Waals surface area (Å²) in [6.45, 7) is 2.99. The summed E-state index contributed by atoms with van der Waals surface area (Å²) in [7, 11) is 0. The van der Waals surface area contributed by atoms with E-state index in [1.54, 1.807) is 6.07 Å². The fraction of sp³-hybridized carbons (Fsp3) is 0.364. The van der Waals surface area contributed by atoms with Crippen molar-refractivity contribution in [2.24, 2.45) is 0 Å². The zero-order chi connectivity index (χ0) is 24.0. The van der Waals surface area contributed by atoms with Crippen LogP contribution in [0.5, 0.6) is 0 Å². The number of rotatable bonds is 7. The predicted octanol–water partition coefficient (Wildman–Crippen LogP) is 4.08. The normalized spacial score (nSPS) is 15.3. The zero-order valence-electron chi connectivity index (χ0n) is 17.6. The Hall–Kier alpha value is -2.69. The molecule has 2 amide bonds. The van der Waals surface area contributed by atoms with Crippen molar-refractivity contribution in [2.45, 2.75) is 12.6 Å². The lowest BCUT2D eigenvalue weighted by Gasteiger charge is -2.34. The van der Waals surface area contributed by atoms with Gasteiger partial charge in [0.1, 0.15) is 5.82 Å². The lowest BCUT2D eigenvalue weighted by Crippen LogP contribution is -2.49. The van der Waals surface area contributed by atoms with E-state index in [9.17, 15) is 27.2 Å². The van der Waals surface area contributed by atoms with Gasteiger partial charge < -0.3 is 15.5 Å². The number of anilines is 2. The summed E-state index contributed by atoms with van der Waals surface area (Å²) in [5.74, 6) is -1.07. The van der Waals surface area contributed by atoms with Gasteiger partial charge in [0.15, 0.2) is 0 Å².